The third-order valence-corrected chi connectivity index (χ3v) is 7.27. The predicted molar refractivity (Wildman–Crippen MR) is 119 cm³/mol. The molecule has 9 heteroatoms. The Hall–Kier alpha value is -2.75. The third kappa shape index (κ3) is 5.44. The number of carbonyl (C=O) groups excluding carboxylic acids is 1. The highest BCUT2D eigenvalue weighted by Gasteiger charge is 2.17. The number of aryl methyl sites for hydroxylation is 2. The number of anilines is 1. The monoisotopic (exact) mass is 445 g/mol. The molecule has 2 aromatic heterocycles. The maximum absolute atomic E-state index is 12.6. The Bertz CT molecular complexity index is 1160. The Kier molecular flexibility index (Phi) is 6.86. The summed E-state index contributed by atoms with van der Waals surface area (Å²) in [5, 5.41) is 6.64. The molecule has 0 saturated heterocycles. The van der Waals surface area contributed by atoms with Crippen LogP contribution in [0.1, 0.15) is 40.8 Å². The molecular weight excluding hydrogens is 422 g/mol. The average Bonchev–Trinajstić information content (AvgIpc) is 3.34. The molecule has 0 spiro atoms. The predicted octanol–water partition coefficient (Wildman–Crippen LogP) is 4.35. The highest BCUT2D eigenvalue weighted by molar-refractivity contribution is 7.91. The number of rotatable bonds is 8. The highest BCUT2D eigenvalue weighted by atomic mass is 32.2. The zero-order chi connectivity index (χ0) is 21.7. The van der Waals surface area contributed by atoms with E-state index < -0.39 is 10.0 Å². The lowest BCUT2D eigenvalue weighted by molar-refractivity contribution is -0.115. The Morgan fingerprint density at radius 2 is 1.87 bits per heavy atom. The topological polar surface area (TPSA) is 101 Å². The molecule has 0 atom stereocenters. The Labute approximate surface area is 179 Å². The van der Waals surface area contributed by atoms with Crippen LogP contribution in [0.5, 0.6) is 0 Å². The van der Waals surface area contributed by atoms with Crippen molar-refractivity contribution in [3.8, 4) is 0 Å². The quantitative estimate of drug-likeness (QED) is 0.537. The number of nitrogens with zero attached hydrogens (tertiary/aromatic N) is 1. The van der Waals surface area contributed by atoms with Crippen LogP contribution in [0, 0.1) is 13.8 Å². The molecule has 30 heavy (non-hydrogen) atoms. The van der Waals surface area contributed by atoms with Gasteiger partial charge in [-0.2, -0.15) is 0 Å². The molecule has 7 nitrogen and oxygen atoms in total. The molecule has 3 aromatic rings. The van der Waals surface area contributed by atoms with Gasteiger partial charge in [0.25, 0.3) is 0 Å². The first-order chi connectivity index (χ1) is 14.3. The Balaban J connectivity index is 1.70. The fraction of sp³-hybridized carbons (Fsp3) is 0.238. The molecule has 1 amide bonds. The Morgan fingerprint density at radius 3 is 2.57 bits per heavy atom. The summed E-state index contributed by atoms with van der Waals surface area (Å²) < 4.78 is 33.2. The van der Waals surface area contributed by atoms with E-state index in [-0.39, 0.29) is 16.7 Å². The number of sulfonamides is 1. The largest absolute Gasteiger partial charge is 0.354 e. The summed E-state index contributed by atoms with van der Waals surface area (Å²) >= 11 is 1.14. The lowest BCUT2D eigenvalue weighted by Gasteiger charge is -2.05. The number of hydrogen-bond donors (Lipinski definition) is 2. The lowest BCUT2D eigenvalue weighted by atomic mass is 10.2. The van der Waals surface area contributed by atoms with Gasteiger partial charge in [0.15, 0.2) is 5.76 Å². The molecule has 0 aliphatic carbocycles. The van der Waals surface area contributed by atoms with Crippen molar-refractivity contribution in [2.45, 2.75) is 37.9 Å². The van der Waals surface area contributed by atoms with Gasteiger partial charge in [-0.25, -0.2) is 13.1 Å². The first-order valence-electron chi connectivity index (χ1n) is 9.37. The van der Waals surface area contributed by atoms with E-state index in [0.717, 1.165) is 27.3 Å². The van der Waals surface area contributed by atoms with Gasteiger partial charge in [-0.15, -0.1) is 11.3 Å². The van der Waals surface area contributed by atoms with E-state index in [1.54, 1.807) is 38.1 Å². The number of aromatic nitrogens is 1. The van der Waals surface area contributed by atoms with Gasteiger partial charge in [0.1, 0.15) is 15.6 Å². The van der Waals surface area contributed by atoms with Gasteiger partial charge in [0.2, 0.25) is 15.9 Å². The molecule has 1 aromatic carbocycles. The minimum Gasteiger partial charge on any atom is -0.354 e. The Morgan fingerprint density at radius 1 is 1.13 bits per heavy atom. The summed E-state index contributed by atoms with van der Waals surface area (Å²) in [6.07, 6.45) is 3.73. The summed E-state index contributed by atoms with van der Waals surface area (Å²) in [5.41, 5.74) is 3.10. The fourth-order valence-corrected chi connectivity index (χ4v) is 4.85. The van der Waals surface area contributed by atoms with Crippen molar-refractivity contribution in [3.63, 3.8) is 0 Å². The third-order valence-electron chi connectivity index (χ3n) is 4.33. The van der Waals surface area contributed by atoms with E-state index in [9.17, 15) is 13.2 Å². The fourth-order valence-electron chi connectivity index (χ4n) is 2.56. The molecule has 0 fully saturated rings. The van der Waals surface area contributed by atoms with Crippen LogP contribution < -0.4 is 10.0 Å². The van der Waals surface area contributed by atoms with E-state index in [0.29, 0.717) is 23.6 Å². The number of carbonyl (C=O) groups is 1. The molecule has 158 valence electrons. The van der Waals surface area contributed by atoms with Crippen molar-refractivity contribution in [3.05, 3.63) is 63.9 Å². The van der Waals surface area contributed by atoms with Crippen LogP contribution >= 0.6 is 11.3 Å². The van der Waals surface area contributed by atoms with Gasteiger partial charge in [0.05, 0.1) is 0 Å². The van der Waals surface area contributed by atoms with Crippen LogP contribution in [-0.4, -0.2) is 19.5 Å². The van der Waals surface area contributed by atoms with E-state index in [1.807, 2.05) is 31.2 Å². The van der Waals surface area contributed by atoms with Crippen molar-refractivity contribution in [2.75, 3.05) is 5.32 Å². The van der Waals surface area contributed by atoms with E-state index in [2.05, 4.69) is 15.2 Å². The lowest BCUT2D eigenvalue weighted by Crippen LogP contribution is -2.22. The van der Waals surface area contributed by atoms with E-state index in [1.165, 1.54) is 0 Å². The number of benzene rings is 1. The standard InChI is InChI=1S/C21H23N3O4S2/c1-4-19(25)23-21-15(3)24-28-18(21)11-9-17-10-12-20(29-17)30(26,27)22-13-16-7-5-14(2)6-8-16/h5-12,22H,4,13H2,1-3H3,(H,23,25)/b11-9+. The normalized spacial score (nSPS) is 11.8. The highest BCUT2D eigenvalue weighted by Crippen LogP contribution is 2.26. The molecule has 3 rings (SSSR count). The maximum Gasteiger partial charge on any atom is 0.250 e. The van der Waals surface area contributed by atoms with Gasteiger partial charge >= 0.3 is 0 Å². The van der Waals surface area contributed by atoms with Gasteiger partial charge in [0, 0.05) is 17.8 Å². The maximum atomic E-state index is 12.6. The number of nitrogens with one attached hydrogen (secondary N) is 2. The van der Waals surface area contributed by atoms with Crippen LogP contribution in [0.25, 0.3) is 12.2 Å². The summed E-state index contributed by atoms with van der Waals surface area (Å²) in [5.74, 6) is 0.268. The summed E-state index contributed by atoms with van der Waals surface area (Å²) in [7, 11) is -3.61. The SMILES string of the molecule is CCC(=O)Nc1c(C)noc1/C=C/c1ccc(S(=O)(=O)NCc2ccc(C)cc2)s1. The van der Waals surface area contributed by atoms with Gasteiger partial charge in [-0.3, -0.25) is 4.79 Å². The average molecular weight is 446 g/mol. The zero-order valence-electron chi connectivity index (χ0n) is 16.9. The van der Waals surface area contributed by atoms with Crippen LogP contribution in [0.2, 0.25) is 0 Å². The van der Waals surface area contributed by atoms with Gasteiger partial charge in [-0.1, -0.05) is 41.9 Å². The first-order valence-corrected chi connectivity index (χ1v) is 11.7. The first kappa shape index (κ1) is 21.9. The summed E-state index contributed by atoms with van der Waals surface area (Å²) in [6.45, 7) is 5.70. The second-order valence-electron chi connectivity index (χ2n) is 6.71. The number of hydrogen-bond acceptors (Lipinski definition) is 6. The van der Waals surface area contributed by atoms with Crippen molar-refractivity contribution in [2.24, 2.45) is 0 Å². The van der Waals surface area contributed by atoms with E-state index >= 15 is 0 Å². The summed E-state index contributed by atoms with van der Waals surface area (Å²) in [6, 6.07) is 11.0. The molecule has 0 radical (unpaired) electrons. The minimum absolute atomic E-state index is 0.139. The molecule has 0 bridgehead atoms. The van der Waals surface area contributed by atoms with Crippen LogP contribution in [0.4, 0.5) is 5.69 Å². The number of thiophene rings is 1. The van der Waals surface area contributed by atoms with Gasteiger partial charge in [-0.05, 0) is 43.7 Å². The minimum atomic E-state index is -3.61. The van der Waals surface area contributed by atoms with Gasteiger partial charge < -0.3 is 9.84 Å². The molecule has 0 aliphatic rings. The second kappa shape index (κ2) is 9.38. The van der Waals surface area contributed by atoms with E-state index in [4.69, 9.17) is 4.52 Å². The van der Waals surface area contributed by atoms with Crippen LogP contribution in [0.15, 0.2) is 45.1 Å². The number of amides is 1. The molecule has 0 unspecified atom stereocenters. The zero-order valence-corrected chi connectivity index (χ0v) is 18.6. The molecule has 0 aliphatic heterocycles. The van der Waals surface area contributed by atoms with Crippen LogP contribution in [0.3, 0.4) is 0 Å². The molecule has 0 saturated carbocycles. The smallest absolute Gasteiger partial charge is 0.250 e. The van der Waals surface area contributed by atoms with Crippen molar-refractivity contribution < 1.29 is 17.7 Å². The molecular formula is C21H23N3O4S2. The van der Waals surface area contributed by atoms with Crippen molar-refractivity contribution in [1.29, 1.82) is 0 Å². The summed E-state index contributed by atoms with van der Waals surface area (Å²) in [4.78, 5) is 12.4. The van der Waals surface area contributed by atoms with Crippen LogP contribution in [-0.2, 0) is 21.4 Å². The molecule has 2 heterocycles. The second-order valence-corrected chi connectivity index (χ2v) is 9.82. The van der Waals surface area contributed by atoms with Crippen molar-refractivity contribution in [1.82, 2.24) is 9.88 Å². The molecule has 2 N–H and O–H groups in total. The van der Waals surface area contributed by atoms with Crippen molar-refractivity contribution >= 4 is 45.1 Å².